The number of aliphatic hydroxyl groups is 5. The van der Waals surface area contributed by atoms with Crippen LogP contribution in [-0.2, 0) is 9.59 Å². The fourth-order valence-electron chi connectivity index (χ4n) is 0.618. The van der Waals surface area contributed by atoms with Crippen LogP contribution in [-0.4, -0.2) is 73.9 Å². The average molecular weight is 240 g/mol. The van der Waals surface area contributed by atoms with Crippen LogP contribution in [0.25, 0.3) is 0 Å². The van der Waals surface area contributed by atoms with E-state index in [-0.39, 0.29) is 6.29 Å². The minimum atomic E-state index is -1.79. The van der Waals surface area contributed by atoms with E-state index in [1.807, 2.05) is 0 Å². The lowest BCUT2D eigenvalue weighted by Gasteiger charge is -2.22. The molecule has 4 unspecified atom stereocenters. The van der Waals surface area contributed by atoms with Crippen molar-refractivity contribution in [1.82, 2.24) is 0 Å². The minimum Gasteiger partial charge on any atom is -0.481 e. The average Bonchev–Trinajstić information content (AvgIpc) is 2.24. The molecule has 8 heteroatoms. The lowest BCUT2D eigenvalue weighted by atomic mass is 10.0. The second-order valence-corrected chi connectivity index (χ2v) is 2.88. The lowest BCUT2D eigenvalue weighted by Crippen LogP contribution is -2.46. The Kier molecular flexibility index (Phi) is 9.96. The molecule has 0 saturated heterocycles. The molecule has 0 bridgehead atoms. The predicted octanol–water partition coefficient (Wildman–Crippen LogP) is -3.29. The zero-order chi connectivity index (χ0) is 13.3. The van der Waals surface area contributed by atoms with Crippen molar-refractivity contribution in [1.29, 1.82) is 0 Å². The van der Waals surface area contributed by atoms with E-state index in [1.54, 1.807) is 0 Å². The molecule has 4 atom stereocenters. The monoisotopic (exact) mass is 240 g/mol. The number of hydrogen-bond acceptors (Lipinski definition) is 7. The van der Waals surface area contributed by atoms with Gasteiger partial charge in [-0.1, -0.05) is 0 Å². The van der Waals surface area contributed by atoms with Crippen molar-refractivity contribution in [3.8, 4) is 0 Å². The SMILES string of the molecule is CC(=O)O.O=CC(O)C(O)C(O)C(O)CO. The van der Waals surface area contributed by atoms with Crippen LogP contribution in [0.5, 0.6) is 0 Å². The second kappa shape index (κ2) is 9.19. The third kappa shape index (κ3) is 8.26. The zero-order valence-corrected chi connectivity index (χ0v) is 8.59. The van der Waals surface area contributed by atoms with Crippen molar-refractivity contribution in [2.24, 2.45) is 0 Å². The highest BCUT2D eigenvalue weighted by Crippen LogP contribution is 2.02. The minimum absolute atomic E-state index is 0.0258. The highest BCUT2D eigenvalue weighted by atomic mass is 16.4. The Morgan fingerprint density at radius 1 is 1.19 bits per heavy atom. The van der Waals surface area contributed by atoms with Gasteiger partial charge < -0.3 is 35.4 Å². The van der Waals surface area contributed by atoms with Gasteiger partial charge in [0.1, 0.15) is 24.4 Å². The normalized spacial score (nSPS) is 17.4. The first-order valence-electron chi connectivity index (χ1n) is 4.25. The molecular weight excluding hydrogens is 224 g/mol. The molecular formula is C8H16O8. The molecule has 0 aromatic rings. The van der Waals surface area contributed by atoms with Crippen molar-refractivity contribution in [2.45, 2.75) is 31.3 Å². The van der Waals surface area contributed by atoms with E-state index in [0.717, 1.165) is 6.92 Å². The Morgan fingerprint density at radius 3 is 1.81 bits per heavy atom. The Hall–Kier alpha value is -1.06. The van der Waals surface area contributed by atoms with Gasteiger partial charge in [-0.3, -0.25) is 4.79 Å². The molecule has 0 aliphatic rings. The Morgan fingerprint density at radius 2 is 1.56 bits per heavy atom. The van der Waals surface area contributed by atoms with Crippen LogP contribution < -0.4 is 0 Å². The number of rotatable bonds is 5. The van der Waals surface area contributed by atoms with Crippen LogP contribution in [0.4, 0.5) is 0 Å². The van der Waals surface area contributed by atoms with Crippen molar-refractivity contribution in [2.75, 3.05) is 6.61 Å². The number of aliphatic hydroxyl groups excluding tert-OH is 5. The van der Waals surface area contributed by atoms with Crippen molar-refractivity contribution < 1.29 is 40.2 Å². The van der Waals surface area contributed by atoms with Gasteiger partial charge in [-0.15, -0.1) is 0 Å². The first-order valence-corrected chi connectivity index (χ1v) is 4.25. The fourth-order valence-corrected chi connectivity index (χ4v) is 0.618. The first-order chi connectivity index (χ1) is 7.27. The summed E-state index contributed by atoms with van der Waals surface area (Å²) < 4.78 is 0. The molecule has 16 heavy (non-hydrogen) atoms. The van der Waals surface area contributed by atoms with Gasteiger partial charge in [0.2, 0.25) is 0 Å². The smallest absolute Gasteiger partial charge is 0.300 e. The summed E-state index contributed by atoms with van der Waals surface area (Å²) in [6, 6.07) is 0. The summed E-state index contributed by atoms with van der Waals surface area (Å²) in [5, 5.41) is 51.0. The van der Waals surface area contributed by atoms with Gasteiger partial charge in [0.05, 0.1) is 6.61 Å². The van der Waals surface area contributed by atoms with Gasteiger partial charge in [-0.2, -0.15) is 0 Å². The quantitative estimate of drug-likeness (QED) is 0.273. The van der Waals surface area contributed by atoms with Gasteiger partial charge in [0.25, 0.3) is 5.97 Å². The molecule has 0 spiro atoms. The molecule has 0 heterocycles. The Labute approximate surface area is 91.4 Å². The van der Waals surface area contributed by atoms with Crippen molar-refractivity contribution in [3.63, 3.8) is 0 Å². The third-order valence-electron chi connectivity index (χ3n) is 1.42. The highest BCUT2D eigenvalue weighted by molar-refractivity contribution is 5.62. The van der Waals surface area contributed by atoms with Crippen LogP contribution in [0.15, 0.2) is 0 Å². The van der Waals surface area contributed by atoms with Gasteiger partial charge in [0.15, 0.2) is 6.29 Å². The Balaban J connectivity index is 0. The zero-order valence-electron chi connectivity index (χ0n) is 8.59. The van der Waals surface area contributed by atoms with E-state index < -0.39 is 37.0 Å². The maximum absolute atomic E-state index is 9.90. The van der Waals surface area contributed by atoms with Crippen LogP contribution >= 0.6 is 0 Å². The van der Waals surface area contributed by atoms with E-state index in [0.29, 0.717) is 0 Å². The molecule has 0 fully saturated rings. The summed E-state index contributed by atoms with van der Waals surface area (Å²) in [5.41, 5.74) is 0. The molecule has 0 amide bonds. The number of hydrogen-bond donors (Lipinski definition) is 6. The molecule has 0 aromatic carbocycles. The number of carbonyl (C=O) groups excluding carboxylic acids is 1. The number of aldehydes is 1. The van der Waals surface area contributed by atoms with Crippen LogP contribution in [0.1, 0.15) is 6.92 Å². The molecule has 8 nitrogen and oxygen atoms in total. The summed E-state index contributed by atoms with van der Waals surface area (Å²) in [6.45, 7) is 0.323. The summed E-state index contributed by atoms with van der Waals surface area (Å²) in [5.74, 6) is -0.833. The molecule has 96 valence electrons. The van der Waals surface area contributed by atoms with Crippen molar-refractivity contribution in [3.05, 3.63) is 0 Å². The second-order valence-electron chi connectivity index (χ2n) is 2.88. The number of aliphatic carboxylic acids is 1. The highest BCUT2D eigenvalue weighted by Gasteiger charge is 2.29. The summed E-state index contributed by atoms with van der Waals surface area (Å²) in [6.07, 6.45) is -6.84. The molecule has 0 aromatic heterocycles. The van der Waals surface area contributed by atoms with E-state index in [1.165, 1.54) is 0 Å². The fraction of sp³-hybridized carbons (Fsp3) is 0.750. The summed E-state index contributed by atoms with van der Waals surface area (Å²) in [4.78, 5) is 18.9. The van der Waals surface area contributed by atoms with Crippen LogP contribution in [0, 0.1) is 0 Å². The standard InChI is InChI=1S/C6H12O6.C2H4O2/c7-1-3(9)5(11)6(12)4(10)2-8;1-2(3)4/h1,3-6,8-12H,2H2;1H3,(H,3,4). The van der Waals surface area contributed by atoms with Crippen LogP contribution in [0.3, 0.4) is 0 Å². The molecule has 0 aliphatic carbocycles. The molecule has 0 radical (unpaired) electrons. The number of carboxylic acids is 1. The first kappa shape index (κ1) is 17.3. The topological polar surface area (TPSA) is 156 Å². The van der Waals surface area contributed by atoms with Gasteiger partial charge >= 0.3 is 0 Å². The lowest BCUT2D eigenvalue weighted by molar-refractivity contribution is -0.136. The molecule has 6 N–H and O–H groups in total. The number of carboxylic acid groups (broad SMARTS) is 1. The maximum atomic E-state index is 9.90. The number of carbonyl (C=O) groups is 2. The van der Waals surface area contributed by atoms with Crippen LogP contribution in [0.2, 0.25) is 0 Å². The maximum Gasteiger partial charge on any atom is 0.300 e. The molecule has 0 saturated carbocycles. The van der Waals surface area contributed by atoms with E-state index >= 15 is 0 Å². The van der Waals surface area contributed by atoms with E-state index in [4.69, 9.17) is 35.4 Å². The van der Waals surface area contributed by atoms with Gasteiger partial charge in [-0.05, 0) is 0 Å². The van der Waals surface area contributed by atoms with E-state index in [9.17, 15) is 4.79 Å². The van der Waals surface area contributed by atoms with Gasteiger partial charge in [0, 0.05) is 6.92 Å². The summed E-state index contributed by atoms with van der Waals surface area (Å²) in [7, 11) is 0. The summed E-state index contributed by atoms with van der Waals surface area (Å²) >= 11 is 0. The van der Waals surface area contributed by atoms with Crippen molar-refractivity contribution >= 4 is 12.3 Å². The van der Waals surface area contributed by atoms with E-state index in [2.05, 4.69) is 0 Å². The third-order valence-corrected chi connectivity index (χ3v) is 1.42. The molecule has 0 aliphatic heterocycles. The Bertz CT molecular complexity index is 202. The predicted molar refractivity (Wildman–Crippen MR) is 50.5 cm³/mol. The molecule has 0 rings (SSSR count). The van der Waals surface area contributed by atoms with Gasteiger partial charge in [-0.25, -0.2) is 0 Å². The largest absolute Gasteiger partial charge is 0.481 e.